The lowest BCUT2D eigenvalue weighted by atomic mass is 10.2. The monoisotopic (exact) mass is 454 g/mol. The molecule has 3 aromatic rings. The lowest BCUT2D eigenvalue weighted by Gasteiger charge is -2.14. The Bertz CT molecular complexity index is 1280. The van der Waals surface area contributed by atoms with Crippen molar-refractivity contribution in [1.82, 2.24) is 0 Å². The van der Waals surface area contributed by atoms with Crippen LogP contribution in [0.1, 0.15) is 5.56 Å². The van der Waals surface area contributed by atoms with Crippen molar-refractivity contribution in [3.8, 4) is 0 Å². The maximum atomic E-state index is 13.4. The summed E-state index contributed by atoms with van der Waals surface area (Å²) < 4.78 is 68.6. The number of aryl methyl sites for hydroxylation is 1. The first-order valence-corrected chi connectivity index (χ1v) is 11.6. The van der Waals surface area contributed by atoms with Crippen molar-refractivity contribution in [3.05, 3.63) is 83.1 Å². The van der Waals surface area contributed by atoms with E-state index in [1.807, 2.05) is 0 Å². The zero-order valence-electron chi connectivity index (χ0n) is 15.1. The Balaban J connectivity index is 1.95. The summed E-state index contributed by atoms with van der Waals surface area (Å²) in [4.78, 5) is -0.409. The summed E-state index contributed by atoms with van der Waals surface area (Å²) in [5.74, 6) is -0.705. The van der Waals surface area contributed by atoms with E-state index in [4.69, 9.17) is 11.6 Å². The molecule has 0 aliphatic heterocycles. The Kier molecular flexibility index (Phi) is 5.83. The van der Waals surface area contributed by atoms with Gasteiger partial charge in [-0.2, -0.15) is 0 Å². The zero-order chi connectivity index (χ0) is 21.2. The summed E-state index contributed by atoms with van der Waals surface area (Å²) in [5.41, 5.74) is 0.608. The second kappa shape index (κ2) is 8.02. The molecular weight excluding hydrogens is 439 g/mol. The molecule has 3 rings (SSSR count). The van der Waals surface area contributed by atoms with Crippen molar-refractivity contribution in [1.29, 1.82) is 0 Å². The number of benzene rings is 3. The average Bonchev–Trinajstić information content (AvgIpc) is 2.65. The number of rotatable bonds is 6. The highest BCUT2D eigenvalue weighted by atomic mass is 35.5. The van der Waals surface area contributed by atoms with Crippen LogP contribution >= 0.6 is 11.6 Å². The number of nitrogens with one attached hydrogen (secondary N) is 2. The van der Waals surface area contributed by atoms with Crippen molar-refractivity contribution >= 4 is 43.0 Å². The maximum Gasteiger partial charge on any atom is 0.262 e. The predicted molar refractivity (Wildman–Crippen MR) is 111 cm³/mol. The fraction of sp³-hybridized carbons (Fsp3) is 0.0526. The van der Waals surface area contributed by atoms with Gasteiger partial charge in [0.05, 0.1) is 26.2 Å². The van der Waals surface area contributed by atoms with Crippen LogP contribution in [0, 0.1) is 12.7 Å². The minimum Gasteiger partial charge on any atom is -0.280 e. The normalized spacial score (nSPS) is 11.8. The molecular formula is C19H16ClFN2O4S2. The molecule has 152 valence electrons. The molecule has 0 fully saturated rings. The molecule has 0 heterocycles. The third-order valence-electron chi connectivity index (χ3n) is 3.95. The minimum atomic E-state index is -4.10. The van der Waals surface area contributed by atoms with Gasteiger partial charge in [0.25, 0.3) is 20.0 Å². The molecule has 2 N–H and O–H groups in total. The highest BCUT2D eigenvalue weighted by Gasteiger charge is 2.21. The summed E-state index contributed by atoms with van der Waals surface area (Å²) in [6, 6.07) is 14.9. The molecule has 0 saturated heterocycles. The van der Waals surface area contributed by atoms with Crippen LogP contribution in [0.15, 0.2) is 76.5 Å². The SMILES string of the molecule is Cc1ccc(NS(=O)(=O)c2cccc(F)c2)cc1S(=O)(=O)Nc1ccccc1Cl. The van der Waals surface area contributed by atoms with Gasteiger partial charge in [-0.1, -0.05) is 35.9 Å². The number of hydrogen-bond donors (Lipinski definition) is 2. The maximum absolute atomic E-state index is 13.4. The molecule has 6 nitrogen and oxygen atoms in total. The van der Waals surface area contributed by atoms with Crippen LogP contribution in [0.4, 0.5) is 15.8 Å². The Morgan fingerprint density at radius 3 is 2.24 bits per heavy atom. The fourth-order valence-corrected chi connectivity index (χ4v) is 5.22. The Morgan fingerprint density at radius 1 is 0.828 bits per heavy atom. The topological polar surface area (TPSA) is 92.3 Å². The molecule has 0 unspecified atom stereocenters. The number of para-hydroxylation sites is 1. The van der Waals surface area contributed by atoms with E-state index in [1.165, 1.54) is 42.5 Å². The third kappa shape index (κ3) is 4.87. The quantitative estimate of drug-likeness (QED) is 0.577. The Labute approximate surface area is 173 Å². The molecule has 0 bridgehead atoms. The second-order valence-corrected chi connectivity index (χ2v) is 9.87. The molecule has 0 radical (unpaired) electrons. The van der Waals surface area contributed by atoms with E-state index in [0.29, 0.717) is 5.56 Å². The van der Waals surface area contributed by atoms with Crippen molar-refractivity contribution < 1.29 is 21.2 Å². The molecule has 29 heavy (non-hydrogen) atoms. The predicted octanol–water partition coefficient (Wildman–Crippen LogP) is 4.39. The molecule has 0 aromatic heterocycles. The molecule has 0 spiro atoms. The third-order valence-corrected chi connectivity index (χ3v) is 7.17. The van der Waals surface area contributed by atoms with Gasteiger partial charge in [-0.05, 0) is 55.0 Å². The van der Waals surface area contributed by atoms with Gasteiger partial charge in [0, 0.05) is 0 Å². The number of halogens is 2. The number of sulfonamides is 2. The molecule has 0 aliphatic carbocycles. The Morgan fingerprint density at radius 2 is 1.55 bits per heavy atom. The van der Waals surface area contributed by atoms with Gasteiger partial charge in [0.15, 0.2) is 0 Å². The molecule has 3 aromatic carbocycles. The van der Waals surface area contributed by atoms with E-state index >= 15 is 0 Å². The van der Waals surface area contributed by atoms with Gasteiger partial charge >= 0.3 is 0 Å². The highest BCUT2D eigenvalue weighted by Crippen LogP contribution is 2.27. The van der Waals surface area contributed by atoms with E-state index in [2.05, 4.69) is 9.44 Å². The Hall–Kier alpha value is -2.62. The van der Waals surface area contributed by atoms with Crippen LogP contribution in [-0.4, -0.2) is 16.8 Å². The van der Waals surface area contributed by atoms with Crippen LogP contribution in [0.3, 0.4) is 0 Å². The number of anilines is 2. The first kappa shape index (κ1) is 21.1. The lowest BCUT2D eigenvalue weighted by molar-refractivity contribution is 0.594. The highest BCUT2D eigenvalue weighted by molar-refractivity contribution is 7.93. The second-order valence-electron chi connectivity index (χ2n) is 6.13. The summed E-state index contributed by atoms with van der Waals surface area (Å²) in [5, 5.41) is 0.219. The van der Waals surface area contributed by atoms with E-state index < -0.39 is 25.9 Å². The average molecular weight is 455 g/mol. The van der Waals surface area contributed by atoms with Crippen molar-refractivity contribution in [2.75, 3.05) is 9.44 Å². The smallest absolute Gasteiger partial charge is 0.262 e. The van der Waals surface area contributed by atoms with Gasteiger partial charge in [-0.25, -0.2) is 21.2 Å². The van der Waals surface area contributed by atoms with Gasteiger partial charge in [0.2, 0.25) is 0 Å². The van der Waals surface area contributed by atoms with Gasteiger partial charge < -0.3 is 0 Å². The van der Waals surface area contributed by atoms with Crippen molar-refractivity contribution in [2.24, 2.45) is 0 Å². The minimum absolute atomic E-state index is 0.0133. The van der Waals surface area contributed by atoms with Crippen LogP contribution in [0.25, 0.3) is 0 Å². The van der Waals surface area contributed by atoms with E-state index in [0.717, 1.165) is 12.1 Å². The van der Waals surface area contributed by atoms with Gasteiger partial charge in [0.1, 0.15) is 5.82 Å². The van der Waals surface area contributed by atoms with Gasteiger partial charge in [-0.3, -0.25) is 9.44 Å². The molecule has 0 amide bonds. The summed E-state index contributed by atoms with van der Waals surface area (Å²) >= 11 is 6.01. The van der Waals surface area contributed by atoms with E-state index in [1.54, 1.807) is 19.1 Å². The van der Waals surface area contributed by atoms with Crippen LogP contribution < -0.4 is 9.44 Å². The largest absolute Gasteiger partial charge is 0.280 e. The van der Waals surface area contributed by atoms with Crippen LogP contribution in [0.5, 0.6) is 0 Å². The summed E-state index contributed by atoms with van der Waals surface area (Å²) in [6.45, 7) is 1.58. The zero-order valence-corrected chi connectivity index (χ0v) is 17.4. The van der Waals surface area contributed by atoms with Crippen molar-refractivity contribution in [2.45, 2.75) is 16.7 Å². The van der Waals surface area contributed by atoms with Crippen LogP contribution in [-0.2, 0) is 20.0 Å². The molecule has 0 atom stereocenters. The first-order chi connectivity index (χ1) is 13.6. The van der Waals surface area contributed by atoms with Crippen molar-refractivity contribution in [3.63, 3.8) is 0 Å². The first-order valence-electron chi connectivity index (χ1n) is 8.25. The molecule has 0 aliphatic rings. The summed E-state index contributed by atoms with van der Waals surface area (Å²) in [6.07, 6.45) is 0. The van der Waals surface area contributed by atoms with E-state index in [-0.39, 0.29) is 26.2 Å². The summed E-state index contributed by atoms with van der Waals surface area (Å²) in [7, 11) is -8.15. The van der Waals surface area contributed by atoms with Crippen LogP contribution in [0.2, 0.25) is 5.02 Å². The fourth-order valence-electron chi connectivity index (χ4n) is 2.55. The number of hydrogen-bond acceptors (Lipinski definition) is 4. The molecule has 10 heteroatoms. The standard InChI is InChI=1S/C19H16ClFN2O4S2/c1-13-9-10-15(22-28(24,25)16-6-4-5-14(21)11-16)12-19(13)29(26,27)23-18-8-3-2-7-17(18)20/h2-12,22-23H,1H3. The lowest BCUT2D eigenvalue weighted by Crippen LogP contribution is -2.17. The van der Waals surface area contributed by atoms with Gasteiger partial charge in [-0.15, -0.1) is 0 Å². The molecule has 0 saturated carbocycles. The van der Waals surface area contributed by atoms with E-state index in [9.17, 15) is 21.2 Å².